The molecule has 0 spiro atoms. The molecule has 0 unspecified atom stereocenters. The minimum absolute atomic E-state index is 0.0124. The monoisotopic (exact) mass is 686 g/mol. The van der Waals surface area contributed by atoms with Gasteiger partial charge in [-0.25, -0.2) is 9.55 Å². The highest BCUT2D eigenvalue weighted by molar-refractivity contribution is 8.14. The summed E-state index contributed by atoms with van der Waals surface area (Å²) in [5.41, 5.74) is 5.02. The number of nitrogen functional groups attached to an aromatic ring is 1. The first kappa shape index (κ1) is 37.5. The van der Waals surface area contributed by atoms with Crippen molar-refractivity contribution >= 4 is 64.5 Å². The second-order valence-corrected chi connectivity index (χ2v) is 17.0. The lowest BCUT2D eigenvalue weighted by Gasteiger charge is -2.28. The molecule has 0 bridgehead atoms. The first-order chi connectivity index (χ1) is 20.8. The van der Waals surface area contributed by atoms with Gasteiger partial charge in [-0.2, -0.15) is 9.97 Å². The number of ether oxygens (including phenoxy) is 1. The highest BCUT2D eigenvalue weighted by Gasteiger charge is 2.46. The Bertz CT molecular complexity index is 1390. The molecule has 0 aliphatic carbocycles. The second-order valence-electron chi connectivity index (χ2n) is 13.2. The lowest BCUT2D eigenvalue weighted by Crippen LogP contribution is -2.32. The van der Waals surface area contributed by atoms with E-state index in [1.165, 1.54) is 0 Å². The van der Waals surface area contributed by atoms with Crippen molar-refractivity contribution in [2.75, 3.05) is 56.1 Å². The number of hydrogen-bond acceptors (Lipinski definition) is 14. The molecule has 0 saturated carbocycles. The number of fused-ring (bicyclic) bond motifs is 1. The summed E-state index contributed by atoms with van der Waals surface area (Å²) in [7, 11) is -0.437. The number of nitrogens with zero attached hydrogens (tertiary/aromatic N) is 5. The summed E-state index contributed by atoms with van der Waals surface area (Å²) >= 11 is 2.19. The van der Waals surface area contributed by atoms with E-state index in [1.54, 1.807) is 17.0 Å². The Morgan fingerprint density at radius 3 is 2.16 bits per heavy atom. The predicted molar refractivity (Wildman–Crippen MR) is 180 cm³/mol. The maximum Gasteiger partial charge on any atom is 0.474 e. The summed E-state index contributed by atoms with van der Waals surface area (Å²) in [6.45, 7) is 16.7. The van der Waals surface area contributed by atoms with Gasteiger partial charge in [-0.15, -0.1) is 6.58 Å². The van der Waals surface area contributed by atoms with Gasteiger partial charge in [0.1, 0.15) is 11.8 Å². The number of nitrogens with two attached hydrogens (primary N) is 1. The molecule has 45 heavy (non-hydrogen) atoms. The number of aromatic nitrogens is 4. The minimum atomic E-state index is -4.13. The molecule has 13 nitrogen and oxygen atoms in total. The highest BCUT2D eigenvalue weighted by atomic mass is 32.2. The molecule has 3 heterocycles. The molecule has 16 heteroatoms. The molecule has 0 radical (unpaired) electrons. The normalized spacial score (nSPS) is 20.9. The van der Waals surface area contributed by atoms with Crippen LogP contribution in [0.3, 0.4) is 0 Å². The molecule has 2 N–H and O–H groups in total. The van der Waals surface area contributed by atoms with Crippen molar-refractivity contribution in [3.05, 3.63) is 19.0 Å². The fraction of sp³-hybridized carbons (Fsp3) is 0.690. The van der Waals surface area contributed by atoms with Crippen molar-refractivity contribution in [3.8, 4) is 0 Å². The maximum absolute atomic E-state index is 13.8. The van der Waals surface area contributed by atoms with Crippen LogP contribution < -0.4 is 10.6 Å². The third-order valence-corrected chi connectivity index (χ3v) is 10.8. The molecule has 1 saturated heterocycles. The molecule has 1 aliphatic heterocycles. The summed E-state index contributed by atoms with van der Waals surface area (Å²) in [5, 5.41) is -0.0248. The SMILES string of the molecule is C=C[C@@]1(COP(=O)(OCCSC(=O)C(C)(C)C)OCCSC(=O)C(C)(C)C)C[C@H](C)[C@H](n2cnc3c(N(C)C)nc(N)nc32)O1. The van der Waals surface area contributed by atoms with Crippen LogP contribution in [0.25, 0.3) is 11.2 Å². The summed E-state index contributed by atoms with van der Waals surface area (Å²) in [5.74, 6) is 1.17. The number of carbonyl (C=O) groups excluding carboxylic acids is 2. The molecule has 252 valence electrons. The maximum atomic E-state index is 13.8. The van der Waals surface area contributed by atoms with Gasteiger partial charge in [0.2, 0.25) is 5.95 Å². The molecule has 3 atom stereocenters. The smallest absolute Gasteiger partial charge is 0.368 e. The van der Waals surface area contributed by atoms with Crippen LogP contribution in [-0.2, 0) is 32.5 Å². The van der Waals surface area contributed by atoms with E-state index in [1.807, 2.05) is 67.5 Å². The summed E-state index contributed by atoms with van der Waals surface area (Å²) < 4.78 is 39.3. The average Bonchev–Trinajstić information content (AvgIpc) is 3.51. The highest BCUT2D eigenvalue weighted by Crippen LogP contribution is 2.52. The van der Waals surface area contributed by atoms with Gasteiger partial charge in [0, 0.05) is 42.3 Å². The van der Waals surface area contributed by atoms with Gasteiger partial charge < -0.3 is 15.4 Å². The quantitative estimate of drug-likeness (QED) is 0.146. The number of rotatable bonds is 14. The van der Waals surface area contributed by atoms with Gasteiger partial charge in [0.05, 0.1) is 26.1 Å². The Labute approximate surface area is 274 Å². The fourth-order valence-corrected chi connectivity index (χ4v) is 7.43. The van der Waals surface area contributed by atoms with Crippen LogP contribution in [0.4, 0.5) is 11.8 Å². The van der Waals surface area contributed by atoms with Gasteiger partial charge in [-0.3, -0.25) is 27.7 Å². The van der Waals surface area contributed by atoms with Crippen molar-refractivity contribution < 1.29 is 32.5 Å². The van der Waals surface area contributed by atoms with E-state index in [9.17, 15) is 14.2 Å². The zero-order valence-electron chi connectivity index (χ0n) is 27.7. The van der Waals surface area contributed by atoms with Gasteiger partial charge in [-0.1, -0.05) is 78.1 Å². The van der Waals surface area contributed by atoms with Crippen LogP contribution in [0.15, 0.2) is 19.0 Å². The molecular weight excluding hydrogens is 639 g/mol. The zero-order valence-corrected chi connectivity index (χ0v) is 30.2. The standard InChI is InChI=1S/C29H47N6O7PS2/c1-11-29(16-19(2)23(42-29)35-18-31-20-21(34(9)10)32-26(30)33-22(20)35)17-41-43(38,39-12-14-44-24(36)27(3,4)5)40-13-15-45-25(37)28(6,7)8/h11,18-19,23H,1,12-17H2,2-10H3,(H2,30,32,33)/t19-,23+,29-/m0/s1. The number of thioether (sulfide) groups is 2. The number of hydrogen-bond donors (Lipinski definition) is 1. The third-order valence-electron chi connectivity index (χ3n) is 6.82. The van der Waals surface area contributed by atoms with Crippen molar-refractivity contribution in [2.45, 2.75) is 66.7 Å². The number of carbonyl (C=O) groups is 2. The fourth-order valence-electron chi connectivity index (χ4n) is 4.38. The lowest BCUT2D eigenvalue weighted by molar-refractivity contribution is -0.118. The second kappa shape index (κ2) is 14.8. The van der Waals surface area contributed by atoms with Gasteiger partial charge in [-0.05, 0) is 6.42 Å². The van der Waals surface area contributed by atoms with Gasteiger partial charge >= 0.3 is 7.82 Å². The van der Waals surface area contributed by atoms with E-state index >= 15 is 0 Å². The van der Waals surface area contributed by atoms with Crippen molar-refractivity contribution in [1.29, 1.82) is 0 Å². The molecular formula is C29H47N6O7PS2. The molecule has 2 aromatic heterocycles. The van der Waals surface area contributed by atoms with Crippen LogP contribution in [0.2, 0.25) is 0 Å². The zero-order chi connectivity index (χ0) is 33.8. The van der Waals surface area contributed by atoms with E-state index < -0.39 is 30.5 Å². The number of phosphoric ester groups is 1. The molecule has 2 aromatic rings. The molecule has 1 fully saturated rings. The largest absolute Gasteiger partial charge is 0.474 e. The van der Waals surface area contributed by atoms with Crippen LogP contribution in [0.5, 0.6) is 0 Å². The molecule has 1 aliphatic rings. The topological polar surface area (TPSA) is 161 Å². The lowest BCUT2D eigenvalue weighted by atomic mass is 9.95. The first-order valence-corrected chi connectivity index (χ1v) is 18.1. The Morgan fingerprint density at radius 1 is 1.11 bits per heavy atom. The number of anilines is 2. The van der Waals surface area contributed by atoms with Crippen LogP contribution in [-0.4, -0.2) is 80.8 Å². The van der Waals surface area contributed by atoms with Gasteiger partial charge in [0.15, 0.2) is 27.2 Å². The number of phosphoric acid groups is 1. The van der Waals surface area contributed by atoms with E-state index in [-0.39, 0.29) is 53.4 Å². The first-order valence-electron chi connectivity index (χ1n) is 14.7. The summed E-state index contributed by atoms with van der Waals surface area (Å²) in [6, 6.07) is 0. The number of imidazole rings is 1. The van der Waals surface area contributed by atoms with E-state index in [4.69, 9.17) is 24.0 Å². The predicted octanol–water partition coefficient (Wildman–Crippen LogP) is 5.72. The third kappa shape index (κ3) is 9.75. The van der Waals surface area contributed by atoms with Gasteiger partial charge in [0.25, 0.3) is 0 Å². The minimum Gasteiger partial charge on any atom is -0.368 e. The Hall–Kier alpha value is -2.00. The summed E-state index contributed by atoms with van der Waals surface area (Å²) in [4.78, 5) is 39.7. The van der Waals surface area contributed by atoms with E-state index in [2.05, 4.69) is 21.5 Å². The van der Waals surface area contributed by atoms with E-state index in [0.717, 1.165) is 23.5 Å². The van der Waals surface area contributed by atoms with E-state index in [0.29, 0.717) is 23.4 Å². The Kier molecular flexibility index (Phi) is 12.3. The van der Waals surface area contributed by atoms with Crippen molar-refractivity contribution in [2.24, 2.45) is 16.7 Å². The summed E-state index contributed by atoms with van der Waals surface area (Å²) in [6.07, 6.45) is 3.23. The molecule has 3 rings (SSSR count). The Balaban J connectivity index is 1.75. The Morgan fingerprint density at radius 2 is 1.67 bits per heavy atom. The molecule has 0 aromatic carbocycles. The van der Waals surface area contributed by atoms with Crippen LogP contribution >= 0.6 is 31.3 Å². The van der Waals surface area contributed by atoms with Crippen molar-refractivity contribution in [3.63, 3.8) is 0 Å². The van der Waals surface area contributed by atoms with Crippen LogP contribution in [0.1, 0.15) is 61.1 Å². The molecule has 0 amide bonds. The van der Waals surface area contributed by atoms with Crippen molar-refractivity contribution in [1.82, 2.24) is 19.5 Å². The van der Waals surface area contributed by atoms with Crippen LogP contribution in [0, 0.1) is 16.7 Å². The average molecular weight is 687 g/mol.